The zero-order valence-corrected chi connectivity index (χ0v) is 13.5. The van der Waals surface area contributed by atoms with Gasteiger partial charge in [-0.1, -0.05) is 6.07 Å². The van der Waals surface area contributed by atoms with Crippen LogP contribution in [-0.4, -0.2) is 31.7 Å². The molecule has 0 saturated heterocycles. The Balaban J connectivity index is 1.55. The lowest BCUT2D eigenvalue weighted by Crippen LogP contribution is -2.21. The molecule has 1 heterocycles. The van der Waals surface area contributed by atoms with E-state index in [1.807, 2.05) is 0 Å². The second-order valence-electron chi connectivity index (χ2n) is 5.45. The first-order valence-electron chi connectivity index (χ1n) is 7.66. The number of carbonyl (C=O) groups excluding carboxylic acids is 2. The summed E-state index contributed by atoms with van der Waals surface area (Å²) in [4.78, 5) is 23.8. The zero-order valence-electron chi connectivity index (χ0n) is 13.5. The number of hydrogen-bond acceptors (Lipinski definition) is 5. The van der Waals surface area contributed by atoms with Crippen LogP contribution in [0.1, 0.15) is 15.9 Å². The predicted molar refractivity (Wildman–Crippen MR) is 87.5 cm³/mol. The number of fused-ring (bicyclic) bond motifs is 1. The molecule has 1 aliphatic rings. The van der Waals surface area contributed by atoms with Gasteiger partial charge in [0.1, 0.15) is 19.0 Å². The highest BCUT2D eigenvalue weighted by Gasteiger charge is 2.15. The van der Waals surface area contributed by atoms with Gasteiger partial charge in [0.15, 0.2) is 18.1 Å². The third-order valence-electron chi connectivity index (χ3n) is 3.57. The minimum absolute atomic E-state index is 0.0511. The van der Waals surface area contributed by atoms with Gasteiger partial charge < -0.3 is 19.5 Å². The van der Waals surface area contributed by atoms with E-state index < -0.39 is 24.3 Å². The number of ether oxygens (including phenoxy) is 3. The second kappa shape index (κ2) is 7.21. The molecule has 2 aromatic carbocycles. The molecule has 1 aliphatic heterocycles. The molecule has 0 saturated carbocycles. The predicted octanol–water partition coefficient (Wildman–Crippen LogP) is 2.70. The molecule has 0 aromatic heterocycles. The molecule has 1 N–H and O–H groups in total. The van der Waals surface area contributed by atoms with Crippen LogP contribution in [0.2, 0.25) is 0 Å². The van der Waals surface area contributed by atoms with Gasteiger partial charge in [-0.2, -0.15) is 0 Å². The fraction of sp³-hybridized carbons (Fsp3) is 0.222. The Kier molecular flexibility index (Phi) is 4.83. The van der Waals surface area contributed by atoms with Crippen LogP contribution < -0.4 is 14.8 Å². The maximum Gasteiger partial charge on any atom is 0.338 e. The van der Waals surface area contributed by atoms with Crippen molar-refractivity contribution in [1.29, 1.82) is 0 Å². The number of anilines is 1. The van der Waals surface area contributed by atoms with Crippen LogP contribution in [0.15, 0.2) is 36.4 Å². The van der Waals surface area contributed by atoms with E-state index in [1.165, 1.54) is 12.1 Å². The van der Waals surface area contributed by atoms with E-state index in [-0.39, 0.29) is 5.56 Å². The maximum atomic E-state index is 13.5. The van der Waals surface area contributed by atoms with Gasteiger partial charge in [-0.3, -0.25) is 4.79 Å². The van der Waals surface area contributed by atoms with Crippen LogP contribution in [-0.2, 0) is 9.53 Å². The van der Waals surface area contributed by atoms with Crippen LogP contribution >= 0.6 is 0 Å². The fourth-order valence-corrected chi connectivity index (χ4v) is 2.25. The summed E-state index contributed by atoms with van der Waals surface area (Å²) in [6, 6.07) is 8.97. The summed E-state index contributed by atoms with van der Waals surface area (Å²) in [5, 5.41) is 2.59. The lowest BCUT2D eigenvalue weighted by molar-refractivity contribution is -0.119. The van der Waals surface area contributed by atoms with E-state index in [1.54, 1.807) is 25.1 Å². The van der Waals surface area contributed by atoms with Crippen molar-refractivity contribution in [3.63, 3.8) is 0 Å². The van der Waals surface area contributed by atoms with Crippen molar-refractivity contribution in [3.8, 4) is 11.5 Å². The summed E-state index contributed by atoms with van der Waals surface area (Å²) in [6.07, 6.45) is 0. The highest BCUT2D eigenvalue weighted by molar-refractivity contribution is 5.95. The van der Waals surface area contributed by atoms with Gasteiger partial charge in [-0.25, -0.2) is 9.18 Å². The molecule has 0 atom stereocenters. The molecule has 0 unspecified atom stereocenters. The van der Waals surface area contributed by atoms with Crippen LogP contribution in [0.5, 0.6) is 11.5 Å². The quantitative estimate of drug-likeness (QED) is 0.863. The number of carbonyl (C=O) groups is 2. The van der Waals surface area contributed by atoms with Crippen LogP contribution in [0.3, 0.4) is 0 Å². The largest absolute Gasteiger partial charge is 0.486 e. The first-order chi connectivity index (χ1) is 12.0. The number of rotatable bonds is 4. The molecule has 2 aromatic rings. The zero-order chi connectivity index (χ0) is 17.8. The maximum absolute atomic E-state index is 13.5. The van der Waals surface area contributed by atoms with Gasteiger partial charge in [0, 0.05) is 11.8 Å². The Labute approximate surface area is 143 Å². The summed E-state index contributed by atoms with van der Waals surface area (Å²) in [5.74, 6) is -0.641. The van der Waals surface area contributed by atoms with Crippen molar-refractivity contribution in [3.05, 3.63) is 53.3 Å². The Morgan fingerprint density at radius 2 is 1.88 bits per heavy atom. The molecule has 3 rings (SSSR count). The molecular formula is C18H16FNO5. The molecule has 6 nitrogen and oxygen atoms in total. The van der Waals surface area contributed by atoms with Crippen LogP contribution in [0.4, 0.5) is 10.1 Å². The van der Waals surface area contributed by atoms with Gasteiger partial charge >= 0.3 is 5.97 Å². The van der Waals surface area contributed by atoms with E-state index in [0.717, 1.165) is 6.07 Å². The van der Waals surface area contributed by atoms with Crippen LogP contribution in [0, 0.1) is 12.7 Å². The molecule has 0 aliphatic carbocycles. The molecule has 7 heteroatoms. The van der Waals surface area contributed by atoms with Crippen molar-refractivity contribution in [1.82, 2.24) is 0 Å². The summed E-state index contributed by atoms with van der Waals surface area (Å²) in [5.41, 5.74) is 0.967. The number of benzene rings is 2. The Morgan fingerprint density at radius 3 is 2.64 bits per heavy atom. The van der Waals surface area contributed by atoms with Gasteiger partial charge in [0.25, 0.3) is 5.91 Å². The lowest BCUT2D eigenvalue weighted by atomic mass is 10.1. The van der Waals surface area contributed by atoms with E-state index >= 15 is 0 Å². The Morgan fingerprint density at radius 1 is 1.12 bits per heavy atom. The fourth-order valence-electron chi connectivity index (χ4n) is 2.25. The topological polar surface area (TPSA) is 73.9 Å². The summed E-state index contributed by atoms with van der Waals surface area (Å²) in [7, 11) is 0. The number of aryl methyl sites for hydroxylation is 1. The van der Waals surface area contributed by atoms with E-state index in [2.05, 4.69) is 5.32 Å². The normalized spacial score (nSPS) is 12.4. The van der Waals surface area contributed by atoms with Crippen molar-refractivity contribution in [2.45, 2.75) is 6.92 Å². The average molecular weight is 345 g/mol. The Hall–Kier alpha value is -3.09. The second-order valence-corrected chi connectivity index (χ2v) is 5.45. The van der Waals surface area contributed by atoms with Crippen molar-refractivity contribution < 1.29 is 28.2 Å². The number of amides is 1. The van der Waals surface area contributed by atoms with Crippen molar-refractivity contribution in [2.75, 3.05) is 25.1 Å². The molecule has 0 bridgehead atoms. The molecular weight excluding hydrogens is 329 g/mol. The molecule has 0 radical (unpaired) electrons. The van der Waals surface area contributed by atoms with E-state index in [9.17, 15) is 14.0 Å². The number of halogens is 1. The van der Waals surface area contributed by atoms with Crippen LogP contribution in [0.25, 0.3) is 0 Å². The first kappa shape index (κ1) is 16.8. The van der Waals surface area contributed by atoms with Gasteiger partial charge in [0.05, 0.1) is 5.56 Å². The highest BCUT2D eigenvalue weighted by Crippen LogP contribution is 2.32. The van der Waals surface area contributed by atoms with Gasteiger partial charge in [0.2, 0.25) is 0 Å². The van der Waals surface area contributed by atoms with E-state index in [4.69, 9.17) is 14.2 Å². The smallest absolute Gasteiger partial charge is 0.338 e. The minimum atomic E-state index is -0.767. The first-order valence-corrected chi connectivity index (χ1v) is 7.66. The number of esters is 1. The number of nitrogens with one attached hydrogen (secondary N) is 1. The minimum Gasteiger partial charge on any atom is -0.486 e. The molecule has 0 spiro atoms. The average Bonchev–Trinajstić information content (AvgIpc) is 2.62. The summed E-state index contributed by atoms with van der Waals surface area (Å²) < 4.78 is 29.2. The molecule has 1 amide bonds. The van der Waals surface area contributed by atoms with Crippen molar-refractivity contribution in [2.24, 2.45) is 0 Å². The third-order valence-corrected chi connectivity index (χ3v) is 3.57. The molecule has 25 heavy (non-hydrogen) atoms. The number of hydrogen-bond donors (Lipinski definition) is 1. The van der Waals surface area contributed by atoms with E-state index in [0.29, 0.717) is 36.0 Å². The monoisotopic (exact) mass is 345 g/mol. The third kappa shape index (κ3) is 4.06. The lowest BCUT2D eigenvalue weighted by Gasteiger charge is -2.19. The Bertz CT molecular complexity index is 821. The van der Waals surface area contributed by atoms with Gasteiger partial charge in [-0.05, 0) is 36.8 Å². The summed E-state index contributed by atoms with van der Waals surface area (Å²) in [6.45, 7) is 2.03. The SMILES string of the molecule is Cc1ccc(C(=O)OCC(=O)Nc2ccc3c(c2)OCCO3)cc1F. The van der Waals surface area contributed by atoms with Gasteiger partial charge in [-0.15, -0.1) is 0 Å². The highest BCUT2D eigenvalue weighted by atomic mass is 19.1. The summed E-state index contributed by atoms with van der Waals surface area (Å²) >= 11 is 0. The van der Waals surface area contributed by atoms with Crippen molar-refractivity contribution >= 4 is 17.6 Å². The molecule has 0 fully saturated rings. The standard InChI is InChI=1S/C18H16FNO5/c1-11-2-3-12(8-14(11)19)18(22)25-10-17(21)20-13-4-5-15-16(9-13)24-7-6-23-15/h2-5,8-9H,6-7,10H2,1H3,(H,20,21). The molecule has 130 valence electrons.